The van der Waals surface area contributed by atoms with Gasteiger partial charge >= 0.3 is 6.03 Å². The van der Waals surface area contributed by atoms with Crippen molar-refractivity contribution in [3.8, 4) is 5.75 Å². The van der Waals surface area contributed by atoms with Gasteiger partial charge < -0.3 is 15.0 Å². The van der Waals surface area contributed by atoms with Crippen molar-refractivity contribution in [1.82, 2.24) is 14.7 Å². The molecule has 0 aliphatic rings. The zero-order valence-corrected chi connectivity index (χ0v) is 14.7. The third-order valence-corrected chi connectivity index (χ3v) is 3.84. The highest BCUT2D eigenvalue weighted by molar-refractivity contribution is 5.89. The lowest BCUT2D eigenvalue weighted by atomic mass is 10.2. The number of hydrogen-bond acceptors (Lipinski definition) is 3. The third kappa shape index (κ3) is 5.11. The molecule has 0 aliphatic carbocycles. The third-order valence-electron chi connectivity index (χ3n) is 3.84. The van der Waals surface area contributed by atoms with Crippen LogP contribution in [0.1, 0.15) is 5.56 Å². The summed E-state index contributed by atoms with van der Waals surface area (Å²) in [7, 11) is 1.77. The highest BCUT2D eigenvalue weighted by Crippen LogP contribution is 2.18. The molecule has 1 heterocycles. The Bertz CT molecular complexity index is 819. The number of carbonyl (C=O) groups is 1. The first kappa shape index (κ1) is 17.5. The van der Waals surface area contributed by atoms with E-state index in [2.05, 4.69) is 10.4 Å². The summed E-state index contributed by atoms with van der Waals surface area (Å²) in [6.07, 6.45) is 3.63. The van der Waals surface area contributed by atoms with E-state index in [1.165, 1.54) is 0 Å². The minimum Gasteiger partial charge on any atom is -0.492 e. The molecule has 1 aromatic heterocycles. The van der Waals surface area contributed by atoms with Gasteiger partial charge in [0.25, 0.3) is 0 Å². The topological polar surface area (TPSA) is 59.4 Å². The fraction of sp³-hybridized carbons (Fsp3) is 0.200. The van der Waals surface area contributed by atoms with Crippen molar-refractivity contribution >= 4 is 11.7 Å². The van der Waals surface area contributed by atoms with Crippen molar-refractivity contribution in [3.05, 3.63) is 78.6 Å². The minimum atomic E-state index is -0.164. The van der Waals surface area contributed by atoms with E-state index >= 15 is 0 Å². The summed E-state index contributed by atoms with van der Waals surface area (Å²) >= 11 is 0. The summed E-state index contributed by atoms with van der Waals surface area (Å²) in [4.78, 5) is 14.0. The molecule has 0 aliphatic heterocycles. The van der Waals surface area contributed by atoms with Crippen LogP contribution in [0.15, 0.2) is 73.1 Å². The highest BCUT2D eigenvalue weighted by atomic mass is 16.5. The Kier molecular flexibility index (Phi) is 5.88. The molecule has 0 saturated carbocycles. The molecule has 2 aromatic carbocycles. The molecule has 134 valence electrons. The van der Waals surface area contributed by atoms with E-state index in [1.807, 2.05) is 71.5 Å². The van der Waals surface area contributed by atoms with Crippen LogP contribution in [-0.2, 0) is 13.1 Å². The van der Waals surface area contributed by atoms with Gasteiger partial charge in [-0.2, -0.15) is 5.10 Å². The van der Waals surface area contributed by atoms with E-state index in [9.17, 15) is 4.79 Å². The SMILES string of the molecule is CN(Cc1ccccc1)C(=O)Nc1cccc(OCCn2cccn2)c1. The summed E-state index contributed by atoms with van der Waals surface area (Å²) in [5.74, 6) is 0.709. The molecule has 6 nitrogen and oxygen atoms in total. The number of amides is 2. The second-order valence-corrected chi connectivity index (χ2v) is 5.92. The van der Waals surface area contributed by atoms with Crippen molar-refractivity contribution in [2.75, 3.05) is 19.0 Å². The van der Waals surface area contributed by atoms with Gasteiger partial charge in [0.2, 0.25) is 0 Å². The van der Waals surface area contributed by atoms with Gasteiger partial charge in [0.05, 0.1) is 6.54 Å². The molecular formula is C20H22N4O2. The van der Waals surface area contributed by atoms with Crippen LogP contribution >= 0.6 is 0 Å². The van der Waals surface area contributed by atoms with Crippen LogP contribution in [-0.4, -0.2) is 34.4 Å². The van der Waals surface area contributed by atoms with Crippen LogP contribution in [0.25, 0.3) is 0 Å². The Balaban J connectivity index is 1.51. The van der Waals surface area contributed by atoms with Gasteiger partial charge in [-0.3, -0.25) is 4.68 Å². The first-order chi connectivity index (χ1) is 12.7. The minimum absolute atomic E-state index is 0.164. The molecule has 0 bridgehead atoms. The summed E-state index contributed by atoms with van der Waals surface area (Å²) in [5, 5.41) is 7.03. The Morgan fingerprint density at radius 3 is 2.77 bits per heavy atom. The number of rotatable bonds is 7. The maximum Gasteiger partial charge on any atom is 0.321 e. The van der Waals surface area contributed by atoms with Gasteiger partial charge in [-0.25, -0.2) is 4.79 Å². The fourth-order valence-electron chi connectivity index (χ4n) is 2.50. The van der Waals surface area contributed by atoms with E-state index in [0.717, 1.165) is 5.56 Å². The number of urea groups is 1. The summed E-state index contributed by atoms with van der Waals surface area (Å²) in [6.45, 7) is 1.73. The van der Waals surface area contributed by atoms with Gasteiger partial charge in [-0.15, -0.1) is 0 Å². The molecule has 6 heteroatoms. The number of benzene rings is 2. The predicted molar refractivity (Wildman–Crippen MR) is 101 cm³/mol. The van der Waals surface area contributed by atoms with Gasteiger partial charge in [-0.1, -0.05) is 36.4 Å². The standard InChI is InChI=1S/C20H22N4O2/c1-23(16-17-7-3-2-4-8-17)20(25)22-18-9-5-10-19(15-18)26-14-13-24-12-6-11-21-24/h2-12,15H,13-14,16H2,1H3,(H,22,25). The maximum atomic E-state index is 12.4. The van der Waals surface area contributed by atoms with Crippen LogP contribution in [0.5, 0.6) is 5.75 Å². The molecule has 0 saturated heterocycles. The zero-order chi connectivity index (χ0) is 18.2. The maximum absolute atomic E-state index is 12.4. The normalized spacial score (nSPS) is 10.3. The molecule has 0 fully saturated rings. The lowest BCUT2D eigenvalue weighted by molar-refractivity contribution is 0.220. The van der Waals surface area contributed by atoms with E-state index in [1.54, 1.807) is 18.1 Å². The van der Waals surface area contributed by atoms with Gasteiger partial charge in [0.1, 0.15) is 12.4 Å². The largest absolute Gasteiger partial charge is 0.492 e. The summed E-state index contributed by atoms with van der Waals surface area (Å²) in [6, 6.07) is 19.0. The number of ether oxygens (including phenoxy) is 1. The fourth-order valence-corrected chi connectivity index (χ4v) is 2.50. The predicted octanol–water partition coefficient (Wildman–Crippen LogP) is 3.63. The lowest BCUT2D eigenvalue weighted by Gasteiger charge is -2.18. The number of nitrogens with zero attached hydrogens (tertiary/aromatic N) is 3. The average Bonchev–Trinajstić information content (AvgIpc) is 3.16. The van der Waals surface area contributed by atoms with Crippen molar-refractivity contribution < 1.29 is 9.53 Å². The second kappa shape index (κ2) is 8.71. The van der Waals surface area contributed by atoms with E-state index < -0.39 is 0 Å². The Labute approximate surface area is 153 Å². The van der Waals surface area contributed by atoms with Crippen LogP contribution < -0.4 is 10.1 Å². The van der Waals surface area contributed by atoms with E-state index in [4.69, 9.17) is 4.74 Å². The van der Waals surface area contributed by atoms with Gasteiger partial charge in [-0.05, 0) is 23.8 Å². The molecule has 2 amide bonds. The molecule has 0 atom stereocenters. The van der Waals surface area contributed by atoms with E-state index in [-0.39, 0.29) is 6.03 Å². The first-order valence-corrected chi connectivity index (χ1v) is 8.47. The number of aromatic nitrogens is 2. The molecule has 1 N–H and O–H groups in total. The molecule has 0 unspecified atom stereocenters. The molecule has 0 radical (unpaired) electrons. The molecule has 3 aromatic rings. The number of nitrogens with one attached hydrogen (secondary N) is 1. The zero-order valence-electron chi connectivity index (χ0n) is 14.7. The quantitative estimate of drug-likeness (QED) is 0.708. The summed E-state index contributed by atoms with van der Waals surface area (Å²) in [5.41, 5.74) is 1.78. The van der Waals surface area contributed by atoms with Crippen LogP contribution in [0.2, 0.25) is 0 Å². The molecule has 0 spiro atoms. The molecular weight excluding hydrogens is 328 g/mol. The first-order valence-electron chi connectivity index (χ1n) is 8.47. The lowest BCUT2D eigenvalue weighted by Crippen LogP contribution is -2.30. The van der Waals surface area contributed by atoms with Crippen LogP contribution in [0.4, 0.5) is 10.5 Å². The number of anilines is 1. The Morgan fingerprint density at radius 2 is 2.00 bits per heavy atom. The second-order valence-electron chi connectivity index (χ2n) is 5.92. The highest BCUT2D eigenvalue weighted by Gasteiger charge is 2.09. The smallest absolute Gasteiger partial charge is 0.321 e. The summed E-state index contributed by atoms with van der Waals surface area (Å²) < 4.78 is 7.54. The Morgan fingerprint density at radius 1 is 1.15 bits per heavy atom. The number of hydrogen-bond donors (Lipinski definition) is 1. The average molecular weight is 350 g/mol. The van der Waals surface area contributed by atoms with Crippen LogP contribution in [0, 0.1) is 0 Å². The van der Waals surface area contributed by atoms with Crippen molar-refractivity contribution in [2.45, 2.75) is 13.1 Å². The number of carbonyl (C=O) groups excluding carboxylic acids is 1. The van der Waals surface area contributed by atoms with Crippen molar-refractivity contribution in [3.63, 3.8) is 0 Å². The van der Waals surface area contributed by atoms with Gasteiger partial charge in [0.15, 0.2) is 0 Å². The molecule has 26 heavy (non-hydrogen) atoms. The Hall–Kier alpha value is -3.28. The molecule has 3 rings (SSSR count). The monoisotopic (exact) mass is 350 g/mol. The van der Waals surface area contributed by atoms with Gasteiger partial charge in [0, 0.05) is 37.7 Å². The van der Waals surface area contributed by atoms with Crippen LogP contribution in [0.3, 0.4) is 0 Å². The van der Waals surface area contributed by atoms with Crippen molar-refractivity contribution in [2.24, 2.45) is 0 Å². The van der Waals surface area contributed by atoms with Crippen molar-refractivity contribution in [1.29, 1.82) is 0 Å². The van der Waals surface area contributed by atoms with E-state index in [0.29, 0.717) is 31.1 Å².